The maximum Gasteiger partial charge on any atom is 0.164 e. The number of carbonyl (C=O) groups excluding carboxylic acids is 1. The molecule has 1 spiro atoms. The van der Waals surface area contributed by atoms with E-state index in [2.05, 4.69) is 53.6 Å². The lowest BCUT2D eigenvalue weighted by molar-refractivity contribution is -0.150. The smallest absolute Gasteiger partial charge is 0.164 e. The number of aliphatic hydroxyl groups excluding tert-OH is 3. The van der Waals surface area contributed by atoms with Crippen LogP contribution in [0.4, 0.5) is 0 Å². The molecule has 4 fully saturated rings. The summed E-state index contributed by atoms with van der Waals surface area (Å²) in [6.07, 6.45) is 19.4. The molecular weight excluding hydrogens is 1150 g/mol. The van der Waals surface area contributed by atoms with Crippen LogP contribution in [0.5, 0.6) is 28.7 Å². The van der Waals surface area contributed by atoms with Crippen LogP contribution in [0.1, 0.15) is 151 Å². The van der Waals surface area contributed by atoms with E-state index in [9.17, 15) is 30.6 Å². The summed E-state index contributed by atoms with van der Waals surface area (Å²) in [5, 5.41) is 81.4. The number of hydrogen-bond acceptors (Lipinski definition) is 14. The molecule has 0 radical (unpaired) electrons. The predicted molar refractivity (Wildman–Crippen MR) is 351 cm³/mol. The number of aromatic hydroxyl groups is 3. The number of aromatic amines is 1. The number of hydrogen-bond donors (Lipinski definition) is 8. The standard InChI is InChI=1S/C71H84N2O9S4/c1-4-42-13-14-43-10-9-12-52-62(37-74)86-85-38-47-31-63(78)71(50-32-55-51(59(77)33-50)18-17-49-11-5-6-25-70(49,55)72-2,56-40-84-83-39-48-35-69(23-7-8-24-69)26-21-60(48)82-61-30-45(56)16-19-57(61)75)68(80)65(47)66(79)46(28-41-22-27-73-36-41)29-44-15-20-58(76)67(81-3)54(44)34-53(42)64(43)52/h9-10,12-20,22,27,30,32-33,36,46-49,56,60,62-63,65-66,72-79H,4-8,11,21,23-26,28-29,31,34-35,37-40H2,1-3H3/t46-,47+,48-,49-,56-,60+,62+,63+,65-,66+,70+,71+/m1/s1. The molecule has 11 nitrogen and oxygen atoms in total. The minimum absolute atomic E-state index is 0.00649. The van der Waals surface area contributed by atoms with Crippen molar-refractivity contribution in [2.24, 2.45) is 35.0 Å². The molecular formula is C71H84N2O9S4. The van der Waals surface area contributed by atoms with Crippen LogP contribution in [0.2, 0.25) is 0 Å². The third kappa shape index (κ3) is 10.6. The normalized spacial score (nSPS) is 31.0. The average molecular weight is 1240 g/mol. The van der Waals surface area contributed by atoms with Crippen LogP contribution in [-0.2, 0) is 41.4 Å². The number of carbonyl (C=O) groups is 1. The first-order chi connectivity index (χ1) is 41.8. The van der Waals surface area contributed by atoms with Crippen LogP contribution >= 0.6 is 43.2 Å². The Morgan fingerprint density at radius 3 is 2.44 bits per heavy atom. The number of Topliss-reactive ketones (excluding diaryl/α,β-unsaturated/α-hetero) is 1. The van der Waals surface area contributed by atoms with Gasteiger partial charge < -0.3 is 50.4 Å². The van der Waals surface area contributed by atoms with Crippen molar-refractivity contribution in [2.45, 2.75) is 150 Å². The highest BCUT2D eigenvalue weighted by Crippen LogP contribution is 2.60. The molecule has 5 aromatic carbocycles. The number of H-pyrrole nitrogens is 1. The Kier molecular flexibility index (Phi) is 17.5. The molecule has 2 aliphatic heterocycles. The van der Waals surface area contributed by atoms with Gasteiger partial charge >= 0.3 is 0 Å². The summed E-state index contributed by atoms with van der Waals surface area (Å²) in [5.41, 5.74) is 6.75. The average Bonchev–Trinajstić information content (AvgIpc) is 0.836. The van der Waals surface area contributed by atoms with Gasteiger partial charge in [-0.25, -0.2) is 0 Å². The van der Waals surface area contributed by atoms with Crippen molar-refractivity contribution in [2.75, 3.05) is 38.0 Å². The van der Waals surface area contributed by atoms with Crippen LogP contribution in [-0.4, -0.2) is 97.7 Å². The zero-order chi connectivity index (χ0) is 59.5. The second kappa shape index (κ2) is 24.9. The first-order valence-corrected chi connectivity index (χ1v) is 36.5. The highest BCUT2D eigenvalue weighted by molar-refractivity contribution is 8.77. The Morgan fingerprint density at radius 1 is 0.837 bits per heavy atom. The van der Waals surface area contributed by atoms with Crippen LogP contribution in [0.25, 0.3) is 16.8 Å². The van der Waals surface area contributed by atoms with Gasteiger partial charge in [-0.3, -0.25) is 4.79 Å². The number of ether oxygens (including phenoxy) is 2. The molecule has 13 rings (SSSR count). The van der Waals surface area contributed by atoms with E-state index in [-0.39, 0.29) is 59.2 Å². The SMILES string of the molecule is CCc1ccc2cccc3c2c1Cc1c(ccc(O)c1OC)C[C@@H](Cc1cc[nH]c1)[C@H](O)[C@@H]1C(=O)[C@@](c2cc(O)c4c(c2)[C@]2(NC)CCCC[C@@H]2C=C4)([C@@H]2CSSC[C@H]4CC5(CCCC5)CC[C@@H]4Oc4cc2ccc4O)[C@@H](O)C[C@H]1CSS[C@H]3CO. The van der Waals surface area contributed by atoms with Crippen LogP contribution in [0.3, 0.4) is 0 Å². The number of benzene rings is 5. The Morgan fingerprint density at radius 2 is 1.65 bits per heavy atom. The third-order valence-electron chi connectivity index (χ3n) is 22.0. The summed E-state index contributed by atoms with van der Waals surface area (Å²) < 4.78 is 13.2. The number of phenols is 3. The zero-order valence-electron chi connectivity index (χ0n) is 49.8. The van der Waals surface area contributed by atoms with Crippen molar-refractivity contribution in [3.63, 3.8) is 0 Å². The van der Waals surface area contributed by atoms with Gasteiger partial charge in [0.05, 0.1) is 42.1 Å². The molecule has 8 N–H and O–H groups in total. The van der Waals surface area contributed by atoms with Gasteiger partial charge in [-0.2, -0.15) is 0 Å². The molecule has 1 aromatic heterocycles. The number of aryl methyl sites for hydroxylation is 1. The lowest BCUT2D eigenvalue weighted by atomic mass is 9.52. The molecule has 2 bridgehead atoms. The van der Waals surface area contributed by atoms with Crippen molar-refractivity contribution in [1.29, 1.82) is 0 Å². The molecule has 3 heterocycles. The number of aromatic nitrogens is 1. The second-order valence-electron chi connectivity index (χ2n) is 26.2. The number of phenolic OH excluding ortho intramolecular Hbond substituents is 3. The lowest BCUT2D eigenvalue weighted by Gasteiger charge is -2.53. The monoisotopic (exact) mass is 1240 g/mol. The van der Waals surface area contributed by atoms with Crippen molar-refractivity contribution < 1.29 is 44.9 Å². The highest BCUT2D eigenvalue weighted by atomic mass is 33.1. The Hall–Kier alpha value is -4.71. The maximum atomic E-state index is 17.8. The van der Waals surface area contributed by atoms with Gasteiger partial charge in [0.25, 0.3) is 0 Å². The quantitative estimate of drug-likeness (QED) is 0.0673. The van der Waals surface area contributed by atoms with E-state index >= 15 is 4.79 Å². The molecule has 0 amide bonds. The van der Waals surface area contributed by atoms with Gasteiger partial charge in [0.2, 0.25) is 0 Å². The van der Waals surface area contributed by atoms with E-state index in [1.807, 2.05) is 66.6 Å². The fraction of sp³-hybridized carbons (Fsp3) is 0.507. The summed E-state index contributed by atoms with van der Waals surface area (Å²) in [4.78, 5) is 21.1. The summed E-state index contributed by atoms with van der Waals surface area (Å²) in [6, 6.07) is 25.7. The third-order valence-corrected chi connectivity index (χ3v) is 27.4. The summed E-state index contributed by atoms with van der Waals surface area (Å²) >= 11 is 0. The van der Waals surface area contributed by atoms with E-state index in [0.29, 0.717) is 58.8 Å². The second-order valence-corrected chi connectivity index (χ2v) is 31.4. The number of nitrogens with one attached hydrogen (secondary N) is 2. The molecule has 15 heteroatoms. The van der Waals surface area contributed by atoms with Crippen molar-refractivity contribution >= 4 is 65.8 Å². The lowest BCUT2D eigenvalue weighted by Crippen LogP contribution is -2.62. The van der Waals surface area contributed by atoms with Crippen LogP contribution in [0.15, 0.2) is 97.3 Å². The molecule has 0 saturated heterocycles. The molecule has 7 aliphatic rings. The van der Waals surface area contributed by atoms with Gasteiger partial charge in [-0.15, -0.1) is 0 Å². The molecule has 4 saturated carbocycles. The first-order valence-electron chi connectivity index (χ1n) is 31.6. The zero-order valence-corrected chi connectivity index (χ0v) is 53.0. The predicted octanol–water partition coefficient (Wildman–Crippen LogP) is 14.1. The van der Waals surface area contributed by atoms with Gasteiger partial charge in [0.1, 0.15) is 11.9 Å². The largest absolute Gasteiger partial charge is 0.507 e. The number of methoxy groups -OCH3 is 1. The maximum absolute atomic E-state index is 17.8. The van der Waals surface area contributed by atoms with E-state index < -0.39 is 46.8 Å². The van der Waals surface area contributed by atoms with Gasteiger partial charge in [0.15, 0.2) is 28.8 Å². The minimum atomic E-state index is -1.75. The molecule has 0 unspecified atom stereocenters. The summed E-state index contributed by atoms with van der Waals surface area (Å²) in [6.45, 7) is 2.00. The molecule has 12 atom stereocenters. The minimum Gasteiger partial charge on any atom is -0.507 e. The molecule has 6 aromatic rings. The Bertz CT molecular complexity index is 3500. The van der Waals surface area contributed by atoms with Gasteiger partial charge in [0, 0.05) is 65.0 Å². The number of fused-ring (bicyclic) bond motifs is 8. The van der Waals surface area contributed by atoms with E-state index in [4.69, 9.17) is 9.47 Å². The summed E-state index contributed by atoms with van der Waals surface area (Å²) in [7, 11) is 10.3. The Labute approximate surface area is 522 Å². The number of aliphatic hydroxyl groups is 3. The van der Waals surface area contributed by atoms with Crippen molar-refractivity contribution in [3.8, 4) is 28.7 Å². The number of ketones is 1. The highest BCUT2D eigenvalue weighted by Gasteiger charge is 2.62. The van der Waals surface area contributed by atoms with E-state index in [1.165, 1.54) is 25.7 Å². The van der Waals surface area contributed by atoms with E-state index in [0.717, 1.165) is 112 Å². The summed E-state index contributed by atoms with van der Waals surface area (Å²) in [5.74, 6) is -0.343. The fourth-order valence-corrected chi connectivity index (χ4v) is 23.3. The first kappa shape index (κ1) is 60.2. The Balaban J connectivity index is 1.01. The van der Waals surface area contributed by atoms with Crippen molar-refractivity contribution in [1.82, 2.24) is 10.3 Å². The topological polar surface area (TPSA) is 185 Å². The van der Waals surface area contributed by atoms with Crippen molar-refractivity contribution in [3.05, 3.63) is 153 Å². The number of rotatable bonds is 8. The molecule has 456 valence electrons. The van der Waals surface area contributed by atoms with Crippen LogP contribution in [0, 0.1) is 35.0 Å². The van der Waals surface area contributed by atoms with E-state index in [1.54, 1.807) is 57.7 Å². The fourth-order valence-electron chi connectivity index (χ4n) is 17.7. The van der Waals surface area contributed by atoms with Gasteiger partial charge in [-0.05, 0) is 186 Å². The molecule has 86 heavy (non-hydrogen) atoms. The molecule has 5 aliphatic carbocycles. The van der Waals surface area contributed by atoms with Gasteiger partial charge in [-0.1, -0.05) is 136 Å². The van der Waals surface area contributed by atoms with Crippen LogP contribution < -0.4 is 14.8 Å².